The van der Waals surface area contributed by atoms with Gasteiger partial charge in [-0.15, -0.1) is 0 Å². The SMILES string of the molecule is CN1CCC2CN(C(=O)OCc3cc(Cl)cc(Cl)c3)CC2C1. The average molecular weight is 343 g/mol. The van der Waals surface area contributed by atoms with Crippen LogP contribution in [0.3, 0.4) is 0 Å². The molecule has 0 bridgehead atoms. The van der Waals surface area contributed by atoms with E-state index < -0.39 is 0 Å². The van der Waals surface area contributed by atoms with Crippen LogP contribution in [0, 0.1) is 11.8 Å². The quantitative estimate of drug-likeness (QED) is 0.824. The van der Waals surface area contributed by atoms with Gasteiger partial charge in [-0.3, -0.25) is 0 Å². The Labute approximate surface area is 140 Å². The second kappa shape index (κ2) is 6.65. The van der Waals surface area contributed by atoms with Gasteiger partial charge in [-0.05, 0) is 55.6 Å². The molecule has 6 heteroatoms. The van der Waals surface area contributed by atoms with Crippen LogP contribution < -0.4 is 0 Å². The summed E-state index contributed by atoms with van der Waals surface area (Å²) in [5.74, 6) is 1.19. The van der Waals surface area contributed by atoms with Gasteiger partial charge in [0.25, 0.3) is 0 Å². The summed E-state index contributed by atoms with van der Waals surface area (Å²) < 4.78 is 5.41. The number of halogens is 2. The third-order valence-electron chi connectivity index (χ3n) is 4.55. The summed E-state index contributed by atoms with van der Waals surface area (Å²) in [7, 11) is 2.14. The first-order valence-corrected chi connectivity index (χ1v) is 8.32. The smallest absolute Gasteiger partial charge is 0.410 e. The number of fused-ring (bicyclic) bond motifs is 1. The maximum atomic E-state index is 12.2. The predicted molar refractivity (Wildman–Crippen MR) is 87.3 cm³/mol. The molecule has 2 aliphatic rings. The molecule has 1 amide bonds. The topological polar surface area (TPSA) is 32.8 Å². The van der Waals surface area contributed by atoms with Gasteiger partial charge >= 0.3 is 6.09 Å². The molecule has 2 atom stereocenters. The Morgan fingerprint density at radius 2 is 1.86 bits per heavy atom. The summed E-state index contributed by atoms with van der Waals surface area (Å²) in [5.41, 5.74) is 0.808. The number of piperidine rings is 1. The van der Waals surface area contributed by atoms with Crippen LogP contribution in [0.4, 0.5) is 4.79 Å². The lowest BCUT2D eigenvalue weighted by Gasteiger charge is -2.31. The van der Waals surface area contributed by atoms with Crippen LogP contribution >= 0.6 is 23.2 Å². The molecule has 2 aliphatic heterocycles. The largest absolute Gasteiger partial charge is 0.445 e. The number of ether oxygens (including phenoxy) is 1. The molecule has 0 aromatic heterocycles. The minimum absolute atomic E-state index is 0.199. The maximum absolute atomic E-state index is 12.2. The monoisotopic (exact) mass is 342 g/mol. The Balaban J connectivity index is 1.54. The molecule has 120 valence electrons. The van der Waals surface area contributed by atoms with Crippen LogP contribution in [0.25, 0.3) is 0 Å². The van der Waals surface area contributed by atoms with E-state index >= 15 is 0 Å². The molecule has 2 saturated heterocycles. The van der Waals surface area contributed by atoms with Crippen molar-refractivity contribution < 1.29 is 9.53 Å². The van der Waals surface area contributed by atoms with Gasteiger partial charge < -0.3 is 14.5 Å². The van der Waals surface area contributed by atoms with Crippen molar-refractivity contribution in [1.29, 1.82) is 0 Å². The Morgan fingerprint density at radius 1 is 1.18 bits per heavy atom. The number of amides is 1. The van der Waals surface area contributed by atoms with Crippen molar-refractivity contribution in [3.8, 4) is 0 Å². The zero-order valence-corrected chi connectivity index (χ0v) is 14.1. The molecular formula is C16H20Cl2N2O2. The van der Waals surface area contributed by atoms with E-state index in [0.717, 1.165) is 38.2 Å². The minimum Gasteiger partial charge on any atom is -0.445 e. The fraction of sp³-hybridized carbons (Fsp3) is 0.562. The zero-order chi connectivity index (χ0) is 15.7. The summed E-state index contributed by atoms with van der Waals surface area (Å²) in [6.07, 6.45) is 0.919. The summed E-state index contributed by atoms with van der Waals surface area (Å²) in [6, 6.07) is 5.19. The van der Waals surface area contributed by atoms with Crippen molar-refractivity contribution in [3.05, 3.63) is 33.8 Å². The van der Waals surface area contributed by atoms with Crippen molar-refractivity contribution in [3.63, 3.8) is 0 Å². The van der Waals surface area contributed by atoms with E-state index in [-0.39, 0.29) is 12.7 Å². The van der Waals surface area contributed by atoms with Gasteiger partial charge in [-0.1, -0.05) is 23.2 Å². The molecule has 1 aromatic carbocycles. The molecule has 3 rings (SSSR count). The molecule has 0 aliphatic carbocycles. The zero-order valence-electron chi connectivity index (χ0n) is 12.6. The highest BCUT2D eigenvalue weighted by molar-refractivity contribution is 6.34. The first kappa shape index (κ1) is 15.9. The van der Waals surface area contributed by atoms with Gasteiger partial charge in [0.15, 0.2) is 0 Å². The van der Waals surface area contributed by atoms with E-state index in [9.17, 15) is 4.79 Å². The van der Waals surface area contributed by atoms with Crippen LogP contribution in [0.15, 0.2) is 18.2 Å². The maximum Gasteiger partial charge on any atom is 0.410 e. The Hall–Kier alpha value is -0.970. The fourth-order valence-electron chi connectivity index (χ4n) is 3.43. The van der Waals surface area contributed by atoms with Crippen LogP contribution in [-0.2, 0) is 11.3 Å². The molecule has 0 saturated carbocycles. The van der Waals surface area contributed by atoms with E-state index in [1.807, 2.05) is 4.90 Å². The summed E-state index contributed by atoms with van der Waals surface area (Å²) >= 11 is 11.9. The van der Waals surface area contributed by atoms with Crippen molar-refractivity contribution in [2.45, 2.75) is 13.0 Å². The van der Waals surface area contributed by atoms with E-state index in [1.165, 1.54) is 0 Å². The van der Waals surface area contributed by atoms with Gasteiger partial charge in [0.05, 0.1) is 0 Å². The number of nitrogens with zero attached hydrogens (tertiary/aromatic N) is 2. The number of hydrogen-bond acceptors (Lipinski definition) is 3. The Morgan fingerprint density at radius 3 is 2.59 bits per heavy atom. The molecule has 2 heterocycles. The Bertz CT molecular complexity index is 547. The van der Waals surface area contributed by atoms with Crippen LogP contribution in [0.2, 0.25) is 10.0 Å². The van der Waals surface area contributed by atoms with Crippen molar-refractivity contribution in [1.82, 2.24) is 9.80 Å². The molecule has 2 fully saturated rings. The predicted octanol–water partition coefficient (Wildman–Crippen LogP) is 3.51. The molecule has 0 N–H and O–H groups in total. The lowest BCUT2D eigenvalue weighted by atomic mass is 9.89. The first-order valence-electron chi connectivity index (χ1n) is 7.56. The average Bonchev–Trinajstić information content (AvgIpc) is 2.86. The van der Waals surface area contributed by atoms with Crippen molar-refractivity contribution >= 4 is 29.3 Å². The van der Waals surface area contributed by atoms with Crippen LogP contribution in [0.1, 0.15) is 12.0 Å². The molecule has 1 aromatic rings. The number of benzene rings is 1. The number of carbonyl (C=O) groups is 1. The molecule has 4 nitrogen and oxygen atoms in total. The van der Waals surface area contributed by atoms with Crippen LogP contribution in [0.5, 0.6) is 0 Å². The molecule has 0 radical (unpaired) electrons. The molecule has 0 spiro atoms. The normalized spacial score (nSPS) is 25.1. The van der Waals surface area contributed by atoms with E-state index in [2.05, 4.69) is 11.9 Å². The number of carbonyl (C=O) groups excluding carboxylic acids is 1. The number of rotatable bonds is 2. The van der Waals surface area contributed by atoms with Gasteiger partial charge in [0, 0.05) is 29.7 Å². The highest BCUT2D eigenvalue weighted by Gasteiger charge is 2.38. The number of likely N-dealkylation sites (tertiary alicyclic amines) is 2. The van der Waals surface area contributed by atoms with Gasteiger partial charge in [-0.2, -0.15) is 0 Å². The number of hydrogen-bond donors (Lipinski definition) is 0. The fourth-order valence-corrected chi connectivity index (χ4v) is 4.00. The molecule has 2 unspecified atom stereocenters. The third kappa shape index (κ3) is 3.67. The van der Waals surface area contributed by atoms with Crippen molar-refractivity contribution in [2.75, 3.05) is 33.2 Å². The second-order valence-electron chi connectivity index (χ2n) is 6.31. The van der Waals surface area contributed by atoms with E-state index in [4.69, 9.17) is 27.9 Å². The van der Waals surface area contributed by atoms with Crippen LogP contribution in [-0.4, -0.2) is 49.1 Å². The Kier molecular flexibility index (Phi) is 4.81. The van der Waals surface area contributed by atoms with E-state index in [1.54, 1.807) is 18.2 Å². The summed E-state index contributed by atoms with van der Waals surface area (Å²) in [4.78, 5) is 16.4. The van der Waals surface area contributed by atoms with Gasteiger partial charge in [0.1, 0.15) is 6.61 Å². The lowest BCUT2D eigenvalue weighted by molar-refractivity contribution is 0.102. The second-order valence-corrected chi connectivity index (χ2v) is 7.18. The van der Waals surface area contributed by atoms with Gasteiger partial charge in [0.2, 0.25) is 0 Å². The summed E-state index contributed by atoms with van der Waals surface area (Å²) in [6.45, 7) is 3.99. The highest BCUT2D eigenvalue weighted by Crippen LogP contribution is 2.31. The van der Waals surface area contributed by atoms with Gasteiger partial charge in [-0.25, -0.2) is 4.79 Å². The summed E-state index contributed by atoms with van der Waals surface area (Å²) in [5, 5.41) is 1.10. The van der Waals surface area contributed by atoms with E-state index in [0.29, 0.717) is 21.9 Å². The molecular weight excluding hydrogens is 323 g/mol. The highest BCUT2D eigenvalue weighted by atomic mass is 35.5. The first-order chi connectivity index (χ1) is 10.5. The molecule has 22 heavy (non-hydrogen) atoms. The lowest BCUT2D eigenvalue weighted by Crippen LogP contribution is -2.37. The third-order valence-corrected chi connectivity index (χ3v) is 4.98. The van der Waals surface area contributed by atoms with Crippen molar-refractivity contribution in [2.24, 2.45) is 11.8 Å². The minimum atomic E-state index is -0.242. The standard InChI is InChI=1S/C16H20Cl2N2O2/c1-19-3-2-12-8-20(9-13(12)7-19)16(21)22-10-11-4-14(17)6-15(18)5-11/h4-6,12-13H,2-3,7-10H2,1H3.